The second-order valence-corrected chi connectivity index (χ2v) is 16.8. The zero-order valence-corrected chi connectivity index (χ0v) is 29.1. The van der Waals surface area contributed by atoms with Crippen molar-refractivity contribution >= 4 is 78.1 Å². The van der Waals surface area contributed by atoms with Crippen LogP contribution in [0.1, 0.15) is 38.8 Å². The summed E-state index contributed by atoms with van der Waals surface area (Å²) in [6.07, 6.45) is 0. The number of hydrogen-bond donors (Lipinski definition) is 2. The first-order valence-corrected chi connectivity index (χ1v) is 17.7. The molecule has 0 saturated carbocycles. The predicted octanol–water partition coefficient (Wildman–Crippen LogP) is 8.06. The molecule has 8 nitrogen and oxygen atoms in total. The van der Waals surface area contributed by atoms with Crippen LogP contribution in [-0.2, 0) is 33.1 Å². The summed E-state index contributed by atoms with van der Waals surface area (Å²) in [4.78, 5) is -0.885. The van der Waals surface area contributed by atoms with Crippen LogP contribution in [0.2, 0.25) is 25.1 Å². The van der Waals surface area contributed by atoms with Gasteiger partial charge in [0.15, 0.2) is 11.5 Å². The van der Waals surface area contributed by atoms with Gasteiger partial charge in [0.25, 0.3) is 0 Å². The maximum absolute atomic E-state index is 13.7. The van der Waals surface area contributed by atoms with Crippen molar-refractivity contribution in [1.82, 2.24) is 8.61 Å². The molecule has 0 amide bonds. The Balaban J connectivity index is 2.05. The molecule has 3 aromatic carbocycles. The smallest absolute Gasteiger partial charge is 0.247 e. The molecule has 0 aliphatic carbocycles. The van der Waals surface area contributed by atoms with E-state index in [4.69, 9.17) is 58.0 Å². The van der Waals surface area contributed by atoms with Crippen molar-refractivity contribution in [2.75, 3.05) is 13.1 Å². The Hall–Kier alpha value is -1.47. The van der Waals surface area contributed by atoms with E-state index in [1.54, 1.807) is 18.2 Å². The molecule has 236 valence electrons. The van der Waals surface area contributed by atoms with Gasteiger partial charge in [0.2, 0.25) is 20.0 Å². The number of aromatic hydroxyl groups is 2. The average molecular weight is 733 g/mol. The molecule has 0 bridgehead atoms. The van der Waals surface area contributed by atoms with Crippen molar-refractivity contribution in [2.45, 2.75) is 50.6 Å². The zero-order valence-electron chi connectivity index (χ0n) is 23.7. The number of phenols is 2. The predicted molar refractivity (Wildman–Crippen MR) is 173 cm³/mol. The van der Waals surface area contributed by atoms with Crippen LogP contribution in [0, 0.1) is 11.8 Å². The Morgan fingerprint density at radius 1 is 0.581 bits per heavy atom. The molecule has 0 aliphatic heterocycles. The van der Waals surface area contributed by atoms with Gasteiger partial charge in [0.05, 0.1) is 10.0 Å². The molecule has 0 radical (unpaired) electrons. The highest BCUT2D eigenvalue weighted by Crippen LogP contribution is 2.38. The SMILES string of the molecule is CC(C)CN(Cc1cc(Cl)cc(CN(CC(C)C)S(=O)(=O)c2cc(Cl)cc(Cl)c2O)c1)S(=O)(=O)c1cc(Cl)cc(Cl)c1O. The van der Waals surface area contributed by atoms with Crippen LogP contribution in [0.5, 0.6) is 11.5 Å². The molecule has 0 unspecified atom stereocenters. The molecule has 0 aromatic heterocycles. The second-order valence-electron chi connectivity index (χ2n) is 10.8. The minimum atomic E-state index is -4.29. The summed E-state index contributed by atoms with van der Waals surface area (Å²) in [5, 5.41) is 20.9. The van der Waals surface area contributed by atoms with Crippen molar-refractivity contribution in [3.63, 3.8) is 0 Å². The standard InChI is InChI=1S/C28H31Cl5N2O6S2/c1-16(2)12-34(42(38,39)25-10-21(30)8-23(32)27(25)36)14-18-5-19(7-20(29)6-18)15-35(13-17(3)4)43(40,41)26-11-22(31)9-24(33)28(26)37/h5-11,16-17,36-37H,12-15H2,1-4H3. The normalized spacial score (nSPS) is 12.7. The number of sulfonamides is 2. The van der Waals surface area contributed by atoms with Gasteiger partial charge >= 0.3 is 0 Å². The fraction of sp³-hybridized carbons (Fsp3) is 0.357. The van der Waals surface area contributed by atoms with Crippen LogP contribution in [0.15, 0.2) is 52.3 Å². The quantitative estimate of drug-likeness (QED) is 0.195. The highest BCUT2D eigenvalue weighted by Gasteiger charge is 2.32. The van der Waals surface area contributed by atoms with Crippen molar-refractivity contribution in [3.8, 4) is 11.5 Å². The van der Waals surface area contributed by atoms with Gasteiger partial charge in [0.1, 0.15) is 9.79 Å². The maximum Gasteiger partial charge on any atom is 0.247 e. The molecule has 3 rings (SSSR count). The monoisotopic (exact) mass is 730 g/mol. The first kappa shape index (κ1) is 36.0. The van der Waals surface area contributed by atoms with E-state index in [-0.39, 0.29) is 63.1 Å². The Morgan fingerprint density at radius 3 is 1.23 bits per heavy atom. The van der Waals surface area contributed by atoms with Crippen LogP contribution in [0.25, 0.3) is 0 Å². The number of rotatable bonds is 12. The van der Waals surface area contributed by atoms with Gasteiger partial charge in [-0.2, -0.15) is 8.61 Å². The Bertz CT molecular complexity index is 1600. The molecule has 0 aliphatic rings. The lowest BCUT2D eigenvalue weighted by molar-refractivity contribution is 0.355. The molecular formula is C28H31Cl5N2O6S2. The van der Waals surface area contributed by atoms with Crippen molar-refractivity contribution in [1.29, 1.82) is 0 Å². The third-order valence-corrected chi connectivity index (χ3v) is 11.0. The fourth-order valence-electron chi connectivity index (χ4n) is 4.37. The Morgan fingerprint density at radius 2 is 0.907 bits per heavy atom. The van der Waals surface area contributed by atoms with Crippen molar-refractivity contribution in [2.24, 2.45) is 11.8 Å². The lowest BCUT2D eigenvalue weighted by atomic mass is 10.1. The molecule has 0 fully saturated rings. The molecule has 43 heavy (non-hydrogen) atoms. The fourth-order valence-corrected chi connectivity index (χ4v) is 9.33. The maximum atomic E-state index is 13.7. The van der Waals surface area contributed by atoms with E-state index in [0.717, 1.165) is 12.1 Å². The van der Waals surface area contributed by atoms with Crippen molar-refractivity contribution in [3.05, 3.63) is 78.7 Å². The average Bonchev–Trinajstić information content (AvgIpc) is 2.86. The second kappa shape index (κ2) is 14.3. The third kappa shape index (κ3) is 8.83. The number of halogens is 5. The summed E-state index contributed by atoms with van der Waals surface area (Å²) in [6.45, 7) is 7.20. The molecule has 15 heteroatoms. The van der Waals surface area contributed by atoms with Gasteiger partial charge in [-0.1, -0.05) is 91.8 Å². The molecule has 0 heterocycles. The minimum Gasteiger partial charge on any atom is -0.505 e. The Kier molecular flexibility index (Phi) is 12.0. The first-order chi connectivity index (χ1) is 19.8. The van der Waals surface area contributed by atoms with E-state index in [1.165, 1.54) is 20.7 Å². The highest BCUT2D eigenvalue weighted by atomic mass is 35.5. The summed E-state index contributed by atoms with van der Waals surface area (Å²) in [7, 11) is -8.59. The summed E-state index contributed by atoms with van der Waals surface area (Å²) < 4.78 is 57.2. The highest BCUT2D eigenvalue weighted by molar-refractivity contribution is 7.89. The first-order valence-electron chi connectivity index (χ1n) is 13.0. The van der Waals surface area contributed by atoms with Gasteiger partial charge in [0, 0.05) is 41.2 Å². The summed E-state index contributed by atoms with van der Waals surface area (Å²) in [5.41, 5.74) is 0.935. The van der Waals surface area contributed by atoms with Gasteiger partial charge < -0.3 is 10.2 Å². The molecular weight excluding hydrogens is 702 g/mol. The van der Waals surface area contributed by atoms with E-state index >= 15 is 0 Å². The summed E-state index contributed by atoms with van der Waals surface area (Å²) >= 11 is 30.6. The van der Waals surface area contributed by atoms with E-state index in [0.29, 0.717) is 11.1 Å². The summed E-state index contributed by atoms with van der Waals surface area (Å²) in [5.74, 6) is -1.45. The topological polar surface area (TPSA) is 115 Å². The lowest BCUT2D eigenvalue weighted by Crippen LogP contribution is -2.34. The zero-order chi connectivity index (χ0) is 32.4. The van der Waals surface area contributed by atoms with Crippen LogP contribution >= 0.6 is 58.0 Å². The molecule has 0 saturated heterocycles. The van der Waals surface area contributed by atoms with Gasteiger partial charge in [-0.15, -0.1) is 0 Å². The number of phenolic OH excluding ortho intramolecular Hbond substituents is 2. The molecule has 2 N–H and O–H groups in total. The molecule has 0 atom stereocenters. The van der Waals surface area contributed by atoms with Crippen LogP contribution in [-0.4, -0.2) is 48.7 Å². The van der Waals surface area contributed by atoms with Gasteiger partial charge in [-0.05, 0) is 59.4 Å². The number of hydrogen-bond acceptors (Lipinski definition) is 6. The van der Waals surface area contributed by atoms with Crippen LogP contribution in [0.4, 0.5) is 0 Å². The number of nitrogens with zero attached hydrogens (tertiary/aromatic N) is 2. The van der Waals surface area contributed by atoms with E-state index < -0.39 is 41.3 Å². The van der Waals surface area contributed by atoms with E-state index in [1.807, 2.05) is 27.7 Å². The van der Waals surface area contributed by atoms with Crippen LogP contribution in [0.3, 0.4) is 0 Å². The van der Waals surface area contributed by atoms with E-state index in [9.17, 15) is 27.0 Å². The lowest BCUT2D eigenvalue weighted by Gasteiger charge is -2.26. The summed E-state index contributed by atoms with van der Waals surface area (Å²) in [6, 6.07) is 9.52. The van der Waals surface area contributed by atoms with Crippen LogP contribution < -0.4 is 0 Å². The van der Waals surface area contributed by atoms with Gasteiger partial charge in [-0.3, -0.25) is 0 Å². The molecule has 0 spiro atoms. The Labute approximate surface area is 277 Å². The number of benzene rings is 3. The van der Waals surface area contributed by atoms with Crippen molar-refractivity contribution < 1.29 is 27.0 Å². The molecule has 3 aromatic rings. The van der Waals surface area contributed by atoms with Gasteiger partial charge in [-0.25, -0.2) is 16.8 Å². The third-order valence-electron chi connectivity index (χ3n) is 6.09. The minimum absolute atomic E-state index is 0.0365. The largest absolute Gasteiger partial charge is 0.505 e. The van der Waals surface area contributed by atoms with E-state index in [2.05, 4.69) is 0 Å².